The van der Waals surface area contributed by atoms with E-state index in [-0.39, 0.29) is 6.10 Å². The largest absolute Gasteiger partial charge is 0.372 e. The van der Waals surface area contributed by atoms with E-state index in [2.05, 4.69) is 15.2 Å². The molecule has 2 aromatic rings. The molecule has 0 saturated carbocycles. The summed E-state index contributed by atoms with van der Waals surface area (Å²) in [5, 5.41) is 7.96. The monoisotopic (exact) mass is 193 g/mol. The minimum atomic E-state index is -0.229. The lowest BCUT2D eigenvalue weighted by molar-refractivity contribution is 0.102. The molecule has 2 aromatic heterocycles. The van der Waals surface area contributed by atoms with Crippen LogP contribution in [0.4, 0.5) is 0 Å². The van der Waals surface area contributed by atoms with Crippen LogP contribution in [0.2, 0.25) is 0 Å². The first kappa shape index (κ1) is 9.04. The van der Waals surface area contributed by atoms with Gasteiger partial charge in [-0.05, 0) is 0 Å². The van der Waals surface area contributed by atoms with E-state index in [0.29, 0.717) is 18.0 Å². The van der Waals surface area contributed by atoms with Gasteiger partial charge in [-0.15, -0.1) is 10.2 Å². The highest BCUT2D eigenvalue weighted by atomic mass is 16.5. The van der Waals surface area contributed by atoms with Crippen LogP contribution in [0.25, 0.3) is 5.65 Å². The van der Waals surface area contributed by atoms with Crippen LogP contribution in [0.1, 0.15) is 11.9 Å². The van der Waals surface area contributed by atoms with Crippen LogP contribution in [0.3, 0.4) is 0 Å². The molecule has 0 aromatic carbocycles. The maximum Gasteiger partial charge on any atom is 0.179 e. The summed E-state index contributed by atoms with van der Waals surface area (Å²) in [6, 6.07) is 0. The molecule has 6 heteroatoms. The molecule has 0 bridgehead atoms. The van der Waals surface area contributed by atoms with Gasteiger partial charge in [0.2, 0.25) is 0 Å². The van der Waals surface area contributed by atoms with Crippen LogP contribution in [-0.2, 0) is 4.74 Å². The number of fused-ring (bicyclic) bond motifs is 1. The first-order valence-electron chi connectivity index (χ1n) is 4.24. The SMILES string of the molecule is COC(CN)c1nnc2cnccn12. The normalized spacial score (nSPS) is 13.3. The zero-order valence-electron chi connectivity index (χ0n) is 7.79. The van der Waals surface area contributed by atoms with Gasteiger partial charge in [-0.3, -0.25) is 9.38 Å². The van der Waals surface area contributed by atoms with Crippen molar-refractivity contribution in [3.63, 3.8) is 0 Å². The number of aromatic nitrogens is 4. The average Bonchev–Trinajstić information content (AvgIpc) is 2.65. The minimum absolute atomic E-state index is 0.229. The fraction of sp³-hybridized carbons (Fsp3) is 0.375. The van der Waals surface area contributed by atoms with Crippen molar-refractivity contribution >= 4 is 5.65 Å². The van der Waals surface area contributed by atoms with Crippen LogP contribution in [-0.4, -0.2) is 33.2 Å². The quantitative estimate of drug-likeness (QED) is 0.728. The third-order valence-corrected chi connectivity index (χ3v) is 2.03. The molecule has 14 heavy (non-hydrogen) atoms. The molecule has 0 fully saturated rings. The lowest BCUT2D eigenvalue weighted by Gasteiger charge is -2.09. The number of nitrogens with zero attached hydrogens (tertiary/aromatic N) is 4. The van der Waals surface area contributed by atoms with E-state index >= 15 is 0 Å². The second-order valence-electron chi connectivity index (χ2n) is 2.82. The van der Waals surface area contributed by atoms with Crippen molar-refractivity contribution in [3.05, 3.63) is 24.4 Å². The topological polar surface area (TPSA) is 78.3 Å². The first-order valence-corrected chi connectivity index (χ1v) is 4.24. The van der Waals surface area contributed by atoms with Crippen molar-refractivity contribution in [2.24, 2.45) is 5.73 Å². The molecule has 2 rings (SSSR count). The highest BCUT2D eigenvalue weighted by Crippen LogP contribution is 2.13. The van der Waals surface area contributed by atoms with Gasteiger partial charge in [0.1, 0.15) is 6.10 Å². The Morgan fingerprint density at radius 1 is 1.57 bits per heavy atom. The van der Waals surface area contributed by atoms with Crippen molar-refractivity contribution in [3.8, 4) is 0 Å². The molecule has 0 spiro atoms. The average molecular weight is 193 g/mol. The number of ether oxygens (including phenoxy) is 1. The maximum atomic E-state index is 5.54. The van der Waals surface area contributed by atoms with Crippen molar-refractivity contribution < 1.29 is 4.74 Å². The molecular weight excluding hydrogens is 182 g/mol. The number of rotatable bonds is 3. The van der Waals surface area contributed by atoms with Crippen LogP contribution < -0.4 is 5.73 Å². The highest BCUT2D eigenvalue weighted by molar-refractivity contribution is 5.34. The molecule has 1 atom stereocenters. The molecule has 0 radical (unpaired) electrons. The van der Waals surface area contributed by atoms with E-state index in [0.717, 1.165) is 0 Å². The van der Waals surface area contributed by atoms with Gasteiger partial charge in [-0.2, -0.15) is 0 Å². The van der Waals surface area contributed by atoms with Crippen LogP contribution in [0.15, 0.2) is 18.6 Å². The lowest BCUT2D eigenvalue weighted by Crippen LogP contribution is -2.17. The number of methoxy groups -OCH3 is 1. The molecule has 1 unspecified atom stereocenters. The summed E-state index contributed by atoms with van der Waals surface area (Å²) < 4.78 is 7.00. The Hall–Kier alpha value is -1.53. The molecule has 2 heterocycles. The van der Waals surface area contributed by atoms with E-state index in [1.165, 1.54) is 0 Å². The standard InChI is InChI=1S/C8H11N5O/c1-14-6(4-9)8-12-11-7-5-10-2-3-13(7)8/h2-3,5-6H,4,9H2,1H3. The Kier molecular flexibility index (Phi) is 2.38. The zero-order valence-corrected chi connectivity index (χ0v) is 7.79. The van der Waals surface area contributed by atoms with Gasteiger partial charge in [-0.25, -0.2) is 0 Å². The van der Waals surface area contributed by atoms with Gasteiger partial charge in [0.15, 0.2) is 11.5 Å². The molecule has 0 aliphatic heterocycles. The molecule has 74 valence electrons. The van der Waals surface area contributed by atoms with Gasteiger partial charge in [0.05, 0.1) is 6.20 Å². The van der Waals surface area contributed by atoms with Gasteiger partial charge in [0.25, 0.3) is 0 Å². The van der Waals surface area contributed by atoms with Crippen molar-refractivity contribution in [1.29, 1.82) is 0 Å². The van der Waals surface area contributed by atoms with E-state index in [4.69, 9.17) is 10.5 Å². The van der Waals surface area contributed by atoms with Gasteiger partial charge >= 0.3 is 0 Å². The molecule has 6 nitrogen and oxygen atoms in total. The summed E-state index contributed by atoms with van der Waals surface area (Å²) in [5.41, 5.74) is 6.24. The summed E-state index contributed by atoms with van der Waals surface area (Å²) in [5.74, 6) is 0.701. The predicted octanol–water partition coefficient (Wildman–Crippen LogP) is -0.230. The molecule has 2 N–H and O–H groups in total. The van der Waals surface area contributed by atoms with Crippen LogP contribution in [0, 0.1) is 0 Å². The van der Waals surface area contributed by atoms with Crippen LogP contribution in [0.5, 0.6) is 0 Å². The zero-order chi connectivity index (χ0) is 9.97. The Morgan fingerprint density at radius 2 is 2.43 bits per heavy atom. The molecule has 0 amide bonds. The smallest absolute Gasteiger partial charge is 0.179 e. The summed E-state index contributed by atoms with van der Waals surface area (Å²) in [7, 11) is 1.60. The minimum Gasteiger partial charge on any atom is -0.372 e. The fourth-order valence-corrected chi connectivity index (χ4v) is 1.30. The van der Waals surface area contributed by atoms with E-state index in [1.54, 1.807) is 25.7 Å². The van der Waals surface area contributed by atoms with Gasteiger partial charge < -0.3 is 10.5 Å². The third kappa shape index (κ3) is 1.34. The number of hydrogen-bond acceptors (Lipinski definition) is 5. The fourth-order valence-electron chi connectivity index (χ4n) is 1.30. The van der Waals surface area contributed by atoms with Crippen LogP contribution >= 0.6 is 0 Å². The van der Waals surface area contributed by atoms with Crippen molar-refractivity contribution in [2.75, 3.05) is 13.7 Å². The number of nitrogens with two attached hydrogens (primary N) is 1. The molecule has 0 saturated heterocycles. The van der Waals surface area contributed by atoms with E-state index in [1.807, 2.05) is 4.40 Å². The first-order chi connectivity index (χ1) is 6.86. The predicted molar refractivity (Wildman–Crippen MR) is 49.6 cm³/mol. The maximum absolute atomic E-state index is 5.54. The summed E-state index contributed by atoms with van der Waals surface area (Å²) in [4.78, 5) is 3.94. The molecule has 0 aliphatic carbocycles. The van der Waals surface area contributed by atoms with Crippen molar-refractivity contribution in [2.45, 2.75) is 6.10 Å². The third-order valence-electron chi connectivity index (χ3n) is 2.03. The second kappa shape index (κ2) is 3.69. The highest BCUT2D eigenvalue weighted by Gasteiger charge is 2.15. The summed E-state index contributed by atoms with van der Waals surface area (Å²) in [6.45, 7) is 0.375. The van der Waals surface area contributed by atoms with Gasteiger partial charge in [-0.1, -0.05) is 0 Å². The molecule has 0 aliphatic rings. The lowest BCUT2D eigenvalue weighted by atomic mass is 10.3. The number of hydrogen-bond donors (Lipinski definition) is 1. The Balaban J connectivity index is 2.51. The summed E-state index contributed by atoms with van der Waals surface area (Å²) >= 11 is 0. The van der Waals surface area contributed by atoms with E-state index in [9.17, 15) is 0 Å². The summed E-state index contributed by atoms with van der Waals surface area (Å²) in [6.07, 6.45) is 4.86. The van der Waals surface area contributed by atoms with Gasteiger partial charge in [0, 0.05) is 26.0 Å². The Morgan fingerprint density at radius 3 is 3.14 bits per heavy atom. The Labute approximate surface area is 80.7 Å². The molecular formula is C8H11N5O. The second-order valence-corrected chi connectivity index (χ2v) is 2.82. The Bertz CT molecular complexity index is 422. The van der Waals surface area contributed by atoms with Crippen molar-refractivity contribution in [1.82, 2.24) is 19.6 Å². The van der Waals surface area contributed by atoms with E-state index < -0.39 is 0 Å².